The van der Waals surface area contributed by atoms with Crippen molar-refractivity contribution in [2.45, 2.75) is 13.3 Å². The first kappa shape index (κ1) is 10.4. The number of rotatable bonds is 2. The molecule has 1 aromatic carbocycles. The average Bonchev–Trinajstić information content (AvgIpc) is 2.28. The van der Waals surface area contributed by atoms with Gasteiger partial charge in [-0.1, -0.05) is 12.1 Å². The first-order chi connectivity index (χ1) is 7.76. The summed E-state index contributed by atoms with van der Waals surface area (Å²) in [4.78, 5) is 4.45. The van der Waals surface area contributed by atoms with Gasteiger partial charge in [-0.3, -0.25) is 0 Å². The lowest BCUT2D eigenvalue weighted by atomic mass is 10.1. The highest BCUT2D eigenvalue weighted by Crippen LogP contribution is 2.26. The molecule has 0 atom stereocenters. The van der Waals surface area contributed by atoms with Gasteiger partial charge in [0.25, 0.3) is 0 Å². The van der Waals surface area contributed by atoms with Crippen LogP contribution in [0.1, 0.15) is 11.3 Å². The lowest BCUT2D eigenvalue weighted by Crippen LogP contribution is -1.94. The molecule has 0 saturated carbocycles. The molecular formula is C13H12N2O. The summed E-state index contributed by atoms with van der Waals surface area (Å²) in [6, 6.07) is 9.89. The largest absolute Gasteiger partial charge is 0.494 e. The molecule has 0 bridgehead atoms. The summed E-state index contributed by atoms with van der Waals surface area (Å²) in [5.74, 6) is 0.750. The molecule has 3 heteroatoms. The molecule has 3 nitrogen and oxygen atoms in total. The maximum absolute atomic E-state index is 8.79. The Balaban J connectivity index is 2.78. The van der Waals surface area contributed by atoms with E-state index in [0.29, 0.717) is 6.42 Å². The van der Waals surface area contributed by atoms with E-state index in [-0.39, 0.29) is 0 Å². The zero-order chi connectivity index (χ0) is 11.5. The SMILES string of the molecule is COc1cccc2c(CC#N)cc(C)nc12. The van der Waals surface area contributed by atoms with Gasteiger partial charge >= 0.3 is 0 Å². The third kappa shape index (κ3) is 1.70. The van der Waals surface area contributed by atoms with Crippen LogP contribution in [0, 0.1) is 18.3 Å². The van der Waals surface area contributed by atoms with Crippen molar-refractivity contribution >= 4 is 10.9 Å². The molecule has 0 aliphatic rings. The van der Waals surface area contributed by atoms with Crippen LogP contribution >= 0.6 is 0 Å². The lowest BCUT2D eigenvalue weighted by Gasteiger charge is -2.08. The second kappa shape index (κ2) is 4.19. The maximum Gasteiger partial charge on any atom is 0.145 e. The molecule has 0 unspecified atom stereocenters. The summed E-state index contributed by atoms with van der Waals surface area (Å²) in [5, 5.41) is 9.79. The van der Waals surface area contributed by atoms with Crippen LogP contribution < -0.4 is 4.74 Å². The van der Waals surface area contributed by atoms with E-state index in [4.69, 9.17) is 10.00 Å². The van der Waals surface area contributed by atoms with Gasteiger partial charge in [0.15, 0.2) is 0 Å². The van der Waals surface area contributed by atoms with Crippen molar-refractivity contribution in [3.05, 3.63) is 35.5 Å². The molecular weight excluding hydrogens is 200 g/mol. The number of hydrogen-bond acceptors (Lipinski definition) is 3. The van der Waals surface area contributed by atoms with E-state index in [1.807, 2.05) is 31.2 Å². The van der Waals surface area contributed by atoms with E-state index in [9.17, 15) is 0 Å². The third-order valence-corrected chi connectivity index (χ3v) is 2.51. The normalized spacial score (nSPS) is 10.1. The van der Waals surface area contributed by atoms with E-state index < -0.39 is 0 Å². The van der Waals surface area contributed by atoms with Crippen LogP contribution in [0.2, 0.25) is 0 Å². The number of hydrogen-bond donors (Lipinski definition) is 0. The molecule has 2 rings (SSSR count). The van der Waals surface area contributed by atoms with Crippen LogP contribution in [0.15, 0.2) is 24.3 Å². The number of ether oxygens (including phenoxy) is 1. The van der Waals surface area contributed by atoms with Gasteiger partial charge in [-0.05, 0) is 24.6 Å². The van der Waals surface area contributed by atoms with Crippen molar-refractivity contribution in [2.24, 2.45) is 0 Å². The number of aryl methyl sites for hydroxylation is 1. The quantitative estimate of drug-likeness (QED) is 0.768. The standard InChI is InChI=1S/C13H12N2O/c1-9-8-10(6-7-14)11-4-3-5-12(16-2)13(11)15-9/h3-5,8H,6H2,1-2H3. The van der Waals surface area contributed by atoms with Gasteiger partial charge in [0.05, 0.1) is 19.6 Å². The number of fused-ring (bicyclic) bond motifs is 1. The molecule has 0 amide bonds. The second-order valence-corrected chi connectivity index (χ2v) is 3.61. The van der Waals surface area contributed by atoms with Crippen molar-refractivity contribution < 1.29 is 4.74 Å². The Labute approximate surface area is 94.3 Å². The van der Waals surface area contributed by atoms with Crippen LogP contribution in [0.5, 0.6) is 5.75 Å². The van der Waals surface area contributed by atoms with Gasteiger partial charge in [0, 0.05) is 11.1 Å². The topological polar surface area (TPSA) is 45.9 Å². The monoisotopic (exact) mass is 212 g/mol. The number of pyridine rings is 1. The Morgan fingerprint density at radius 3 is 2.94 bits per heavy atom. The van der Waals surface area contributed by atoms with Crippen molar-refractivity contribution in [1.82, 2.24) is 4.98 Å². The van der Waals surface area contributed by atoms with Crippen LogP contribution in [0.3, 0.4) is 0 Å². The molecule has 1 aromatic heterocycles. The van der Waals surface area contributed by atoms with E-state index >= 15 is 0 Å². The van der Waals surface area contributed by atoms with Gasteiger partial charge in [-0.2, -0.15) is 5.26 Å². The fraction of sp³-hybridized carbons (Fsp3) is 0.231. The molecule has 16 heavy (non-hydrogen) atoms. The average molecular weight is 212 g/mol. The maximum atomic E-state index is 8.79. The van der Waals surface area contributed by atoms with Gasteiger partial charge in [-0.15, -0.1) is 0 Å². The molecule has 0 fully saturated rings. The van der Waals surface area contributed by atoms with Crippen LogP contribution in [0.4, 0.5) is 0 Å². The number of para-hydroxylation sites is 1. The predicted molar refractivity (Wildman–Crippen MR) is 62.3 cm³/mol. The molecule has 0 radical (unpaired) electrons. The Bertz CT molecular complexity index is 570. The van der Waals surface area contributed by atoms with E-state index in [1.165, 1.54) is 0 Å². The number of aromatic nitrogens is 1. The van der Waals surface area contributed by atoms with Crippen molar-refractivity contribution in [1.29, 1.82) is 5.26 Å². The minimum atomic E-state index is 0.396. The minimum Gasteiger partial charge on any atom is -0.494 e. The number of nitriles is 1. The first-order valence-electron chi connectivity index (χ1n) is 5.06. The summed E-state index contributed by atoms with van der Waals surface area (Å²) in [6.45, 7) is 1.92. The van der Waals surface area contributed by atoms with E-state index in [2.05, 4.69) is 11.1 Å². The summed E-state index contributed by atoms with van der Waals surface area (Å²) in [6.07, 6.45) is 0.396. The highest BCUT2D eigenvalue weighted by atomic mass is 16.5. The van der Waals surface area contributed by atoms with Gasteiger partial charge < -0.3 is 4.74 Å². The summed E-state index contributed by atoms with van der Waals surface area (Å²) in [5.41, 5.74) is 2.74. The zero-order valence-corrected chi connectivity index (χ0v) is 9.32. The molecule has 0 aliphatic heterocycles. The smallest absolute Gasteiger partial charge is 0.145 e. The lowest BCUT2D eigenvalue weighted by molar-refractivity contribution is 0.419. The van der Waals surface area contributed by atoms with Gasteiger partial charge in [0.2, 0.25) is 0 Å². The minimum absolute atomic E-state index is 0.396. The fourth-order valence-corrected chi connectivity index (χ4v) is 1.83. The molecule has 0 N–H and O–H groups in total. The van der Waals surface area contributed by atoms with Gasteiger partial charge in [0.1, 0.15) is 11.3 Å². The third-order valence-electron chi connectivity index (χ3n) is 2.51. The second-order valence-electron chi connectivity index (χ2n) is 3.61. The summed E-state index contributed by atoms with van der Waals surface area (Å²) >= 11 is 0. The zero-order valence-electron chi connectivity index (χ0n) is 9.32. The number of nitrogens with zero attached hydrogens (tertiary/aromatic N) is 2. The molecule has 80 valence electrons. The molecule has 0 spiro atoms. The first-order valence-corrected chi connectivity index (χ1v) is 5.06. The van der Waals surface area contributed by atoms with Crippen molar-refractivity contribution in [3.63, 3.8) is 0 Å². The molecule has 1 heterocycles. The van der Waals surface area contributed by atoms with Crippen molar-refractivity contribution in [3.8, 4) is 11.8 Å². The Hall–Kier alpha value is -2.08. The molecule has 0 aliphatic carbocycles. The van der Waals surface area contributed by atoms with Crippen LogP contribution in [-0.4, -0.2) is 12.1 Å². The number of methoxy groups -OCH3 is 1. The highest BCUT2D eigenvalue weighted by Gasteiger charge is 2.07. The van der Waals surface area contributed by atoms with E-state index in [0.717, 1.165) is 27.9 Å². The molecule has 0 saturated heterocycles. The Morgan fingerprint density at radius 1 is 1.44 bits per heavy atom. The Morgan fingerprint density at radius 2 is 2.25 bits per heavy atom. The van der Waals surface area contributed by atoms with E-state index in [1.54, 1.807) is 7.11 Å². The highest BCUT2D eigenvalue weighted by molar-refractivity contribution is 5.87. The fourth-order valence-electron chi connectivity index (χ4n) is 1.83. The summed E-state index contributed by atoms with van der Waals surface area (Å²) < 4.78 is 5.27. The van der Waals surface area contributed by atoms with Crippen LogP contribution in [0.25, 0.3) is 10.9 Å². The summed E-state index contributed by atoms with van der Waals surface area (Å²) in [7, 11) is 1.63. The van der Waals surface area contributed by atoms with Crippen LogP contribution in [-0.2, 0) is 6.42 Å². The Kier molecular flexibility index (Phi) is 2.74. The molecule has 2 aromatic rings. The van der Waals surface area contributed by atoms with Crippen molar-refractivity contribution in [2.75, 3.05) is 7.11 Å². The van der Waals surface area contributed by atoms with Gasteiger partial charge in [-0.25, -0.2) is 4.98 Å². The number of benzene rings is 1. The predicted octanol–water partition coefficient (Wildman–Crippen LogP) is 2.62.